The SMILES string of the molecule is Cc1c(NN)ncnc1N(CCO)CC(F)(F)F. The molecule has 1 rings (SSSR count). The van der Waals surface area contributed by atoms with Gasteiger partial charge in [-0.1, -0.05) is 0 Å². The molecule has 9 heteroatoms. The van der Waals surface area contributed by atoms with Crippen LogP contribution in [0.5, 0.6) is 0 Å². The molecule has 0 spiro atoms. The molecule has 6 nitrogen and oxygen atoms in total. The minimum absolute atomic E-state index is 0.0873. The predicted octanol–water partition coefficient (Wildman–Crippen LogP) is 0.432. The van der Waals surface area contributed by atoms with Crippen molar-refractivity contribution in [2.45, 2.75) is 13.1 Å². The molecule has 0 saturated carbocycles. The van der Waals surface area contributed by atoms with Crippen molar-refractivity contribution in [1.29, 1.82) is 0 Å². The third kappa shape index (κ3) is 3.70. The molecule has 0 fully saturated rings. The molecule has 0 saturated heterocycles. The number of hydrogen-bond donors (Lipinski definition) is 3. The lowest BCUT2D eigenvalue weighted by atomic mass is 10.3. The fraction of sp³-hybridized carbons (Fsp3) is 0.556. The van der Waals surface area contributed by atoms with E-state index in [9.17, 15) is 13.2 Å². The van der Waals surface area contributed by atoms with E-state index in [-0.39, 0.29) is 18.2 Å². The van der Waals surface area contributed by atoms with Crippen LogP contribution in [0.4, 0.5) is 24.8 Å². The number of rotatable bonds is 5. The average Bonchev–Trinajstić information content (AvgIpc) is 2.27. The highest BCUT2D eigenvalue weighted by atomic mass is 19.4. The van der Waals surface area contributed by atoms with Crippen LogP contribution in [0.1, 0.15) is 5.56 Å². The molecule has 0 bridgehead atoms. The molecule has 0 amide bonds. The molecule has 0 aliphatic carbocycles. The molecule has 0 aliphatic heterocycles. The maximum Gasteiger partial charge on any atom is 0.405 e. The summed E-state index contributed by atoms with van der Waals surface area (Å²) >= 11 is 0. The van der Waals surface area contributed by atoms with Crippen molar-refractivity contribution in [1.82, 2.24) is 9.97 Å². The number of aliphatic hydroxyl groups excluding tert-OH is 1. The highest BCUT2D eigenvalue weighted by Gasteiger charge is 2.32. The lowest BCUT2D eigenvalue weighted by Gasteiger charge is -2.25. The molecular weight excluding hydrogens is 251 g/mol. The van der Waals surface area contributed by atoms with Gasteiger partial charge in [-0.25, -0.2) is 15.8 Å². The molecule has 1 aromatic rings. The standard InChI is InChI=1S/C9H14F3N5O/c1-6-7(16-13)14-5-15-8(6)17(2-3-18)4-9(10,11)12/h5,18H,2-4,13H2,1H3,(H,14,15,16). The fourth-order valence-electron chi connectivity index (χ4n) is 1.50. The maximum atomic E-state index is 12.4. The summed E-state index contributed by atoms with van der Waals surface area (Å²) in [5.41, 5.74) is 2.66. The summed E-state index contributed by atoms with van der Waals surface area (Å²) < 4.78 is 37.3. The zero-order chi connectivity index (χ0) is 13.8. The number of nitrogens with one attached hydrogen (secondary N) is 1. The van der Waals surface area contributed by atoms with Crippen LogP contribution in [0.25, 0.3) is 0 Å². The molecule has 102 valence electrons. The molecule has 18 heavy (non-hydrogen) atoms. The van der Waals surface area contributed by atoms with Crippen molar-refractivity contribution in [2.75, 3.05) is 30.0 Å². The number of aliphatic hydroxyl groups is 1. The Labute approximate surface area is 102 Å². The molecule has 0 aromatic carbocycles. The van der Waals surface area contributed by atoms with Gasteiger partial charge in [0.15, 0.2) is 0 Å². The summed E-state index contributed by atoms with van der Waals surface area (Å²) in [6.45, 7) is -0.243. The summed E-state index contributed by atoms with van der Waals surface area (Å²) in [7, 11) is 0. The van der Waals surface area contributed by atoms with Gasteiger partial charge >= 0.3 is 6.18 Å². The van der Waals surface area contributed by atoms with Crippen molar-refractivity contribution >= 4 is 11.6 Å². The van der Waals surface area contributed by atoms with Crippen LogP contribution in [0.3, 0.4) is 0 Å². The normalized spacial score (nSPS) is 11.4. The number of nitrogen functional groups attached to an aromatic ring is 1. The Bertz CT molecular complexity index is 398. The maximum absolute atomic E-state index is 12.4. The van der Waals surface area contributed by atoms with E-state index in [2.05, 4.69) is 15.4 Å². The van der Waals surface area contributed by atoms with Gasteiger partial charge in [0.05, 0.1) is 6.61 Å². The number of nitrogens with zero attached hydrogens (tertiary/aromatic N) is 3. The number of hydrogen-bond acceptors (Lipinski definition) is 6. The van der Waals surface area contributed by atoms with E-state index in [1.807, 2.05) is 0 Å². The van der Waals surface area contributed by atoms with Crippen molar-refractivity contribution in [3.05, 3.63) is 11.9 Å². The zero-order valence-electron chi connectivity index (χ0n) is 9.70. The van der Waals surface area contributed by atoms with Gasteiger partial charge in [-0.15, -0.1) is 0 Å². The Hall–Kier alpha value is -1.61. The minimum Gasteiger partial charge on any atom is -0.395 e. The molecule has 0 radical (unpaired) electrons. The van der Waals surface area contributed by atoms with Crippen LogP contribution in [-0.2, 0) is 0 Å². The van der Waals surface area contributed by atoms with E-state index in [0.717, 1.165) is 11.2 Å². The molecule has 0 aliphatic rings. The van der Waals surface area contributed by atoms with E-state index in [1.54, 1.807) is 6.92 Å². The molecule has 4 N–H and O–H groups in total. The Morgan fingerprint density at radius 1 is 1.44 bits per heavy atom. The van der Waals surface area contributed by atoms with Crippen molar-refractivity contribution in [3.63, 3.8) is 0 Å². The highest BCUT2D eigenvalue weighted by molar-refractivity contribution is 5.57. The summed E-state index contributed by atoms with van der Waals surface area (Å²) in [5.74, 6) is 5.52. The van der Waals surface area contributed by atoms with Gasteiger partial charge in [0.1, 0.15) is 24.5 Å². The number of hydrazine groups is 1. The fourth-order valence-corrected chi connectivity index (χ4v) is 1.50. The van der Waals surface area contributed by atoms with Gasteiger partial charge in [-0.3, -0.25) is 0 Å². The summed E-state index contributed by atoms with van der Waals surface area (Å²) in [4.78, 5) is 8.51. The van der Waals surface area contributed by atoms with Crippen molar-refractivity contribution in [3.8, 4) is 0 Å². The molecule has 1 heterocycles. The lowest BCUT2D eigenvalue weighted by Crippen LogP contribution is -2.37. The van der Waals surface area contributed by atoms with Crippen molar-refractivity contribution in [2.24, 2.45) is 5.84 Å². The van der Waals surface area contributed by atoms with Crippen LogP contribution < -0.4 is 16.2 Å². The lowest BCUT2D eigenvalue weighted by molar-refractivity contribution is -0.120. The Balaban J connectivity index is 3.05. The van der Waals surface area contributed by atoms with E-state index in [1.165, 1.54) is 0 Å². The van der Waals surface area contributed by atoms with Crippen molar-refractivity contribution < 1.29 is 18.3 Å². The first-order valence-electron chi connectivity index (χ1n) is 5.10. The van der Waals surface area contributed by atoms with E-state index in [0.29, 0.717) is 5.56 Å². The van der Waals surface area contributed by atoms with Crippen LogP contribution in [-0.4, -0.2) is 40.9 Å². The molecule has 0 unspecified atom stereocenters. The van der Waals surface area contributed by atoms with Gasteiger partial charge in [-0.05, 0) is 6.92 Å². The first-order valence-corrected chi connectivity index (χ1v) is 5.10. The minimum atomic E-state index is -4.39. The molecule has 1 aromatic heterocycles. The van der Waals surface area contributed by atoms with Gasteiger partial charge < -0.3 is 15.4 Å². The molecular formula is C9H14F3N5O. The van der Waals surface area contributed by atoms with Gasteiger partial charge in [-0.2, -0.15) is 13.2 Å². The van der Waals surface area contributed by atoms with Crippen LogP contribution in [0, 0.1) is 6.92 Å². The van der Waals surface area contributed by atoms with Crippen LogP contribution in [0.15, 0.2) is 6.33 Å². The first kappa shape index (κ1) is 14.5. The van der Waals surface area contributed by atoms with E-state index < -0.39 is 19.3 Å². The summed E-state index contributed by atoms with van der Waals surface area (Å²) in [6.07, 6.45) is -3.28. The Kier molecular flexibility index (Phi) is 4.68. The zero-order valence-corrected chi connectivity index (χ0v) is 9.70. The molecule has 0 atom stereocenters. The topological polar surface area (TPSA) is 87.3 Å². The quantitative estimate of drug-likeness (QED) is 0.528. The summed E-state index contributed by atoms with van der Waals surface area (Å²) in [6, 6.07) is 0. The van der Waals surface area contributed by atoms with Gasteiger partial charge in [0.2, 0.25) is 0 Å². The number of anilines is 2. The highest BCUT2D eigenvalue weighted by Crippen LogP contribution is 2.25. The number of nitrogens with two attached hydrogens (primary N) is 1. The summed E-state index contributed by atoms with van der Waals surface area (Å²) in [5, 5.41) is 8.82. The predicted molar refractivity (Wildman–Crippen MR) is 59.9 cm³/mol. The smallest absolute Gasteiger partial charge is 0.395 e. The third-order valence-corrected chi connectivity index (χ3v) is 2.23. The second-order valence-electron chi connectivity index (χ2n) is 3.58. The van der Waals surface area contributed by atoms with E-state index >= 15 is 0 Å². The second kappa shape index (κ2) is 5.83. The average molecular weight is 265 g/mol. The van der Waals surface area contributed by atoms with Gasteiger partial charge in [0, 0.05) is 12.1 Å². The number of aromatic nitrogens is 2. The Morgan fingerprint density at radius 2 is 2.11 bits per heavy atom. The third-order valence-electron chi connectivity index (χ3n) is 2.23. The first-order chi connectivity index (χ1) is 8.39. The van der Waals surface area contributed by atoms with Crippen LogP contribution >= 0.6 is 0 Å². The second-order valence-corrected chi connectivity index (χ2v) is 3.58. The van der Waals surface area contributed by atoms with Gasteiger partial charge in [0.25, 0.3) is 0 Å². The monoisotopic (exact) mass is 265 g/mol. The van der Waals surface area contributed by atoms with Crippen LogP contribution in [0.2, 0.25) is 0 Å². The number of halogens is 3. The largest absolute Gasteiger partial charge is 0.405 e. The van der Waals surface area contributed by atoms with E-state index in [4.69, 9.17) is 10.9 Å². The Morgan fingerprint density at radius 3 is 2.61 bits per heavy atom. The number of alkyl halides is 3.